The van der Waals surface area contributed by atoms with Gasteiger partial charge in [-0.2, -0.15) is 0 Å². The maximum atomic E-state index is 10.0. The topological polar surface area (TPSA) is 168 Å². The molecule has 2 aliphatic rings. The maximum Gasteiger partial charge on any atom is 0.220 e. The number of aliphatic hydroxyl groups excluding tert-OH is 6. The van der Waals surface area contributed by atoms with Crippen LogP contribution in [0.25, 0.3) is 0 Å². The summed E-state index contributed by atoms with van der Waals surface area (Å²) in [6, 6.07) is 0. The van der Waals surface area contributed by atoms with Crippen molar-refractivity contribution in [1.29, 1.82) is 0 Å². The summed E-state index contributed by atoms with van der Waals surface area (Å²) in [7, 11) is 0. The molecule has 28 heavy (non-hydrogen) atoms. The summed E-state index contributed by atoms with van der Waals surface area (Å²) in [6.07, 6.45) is -6.94. The van der Waals surface area contributed by atoms with E-state index in [0.29, 0.717) is 6.42 Å². The SMILES string of the molecule is CC/C=C\CCO[C@@H]1O[C@H](COO[C@@H]2OC[C@@H](O)[C@H](O)[C@H]2O)[C@@H](O)[C@H](O)[C@H]1O. The minimum Gasteiger partial charge on any atom is -0.388 e. The van der Waals surface area contributed by atoms with Crippen molar-refractivity contribution < 1.29 is 54.6 Å². The predicted molar refractivity (Wildman–Crippen MR) is 91.5 cm³/mol. The zero-order valence-corrected chi connectivity index (χ0v) is 15.6. The standard InChI is InChI=1S/C17H30O11/c1-2-3-4-5-6-24-16-15(23)13(21)12(20)10(27-16)8-26-28-17-14(22)11(19)9(18)7-25-17/h3-4,9-23H,2,5-8H2,1H3/b4-3-/t9-,10-,11+,12-,13+,14-,15-,16-,17+/m1/s1. The number of rotatable bonds is 9. The summed E-state index contributed by atoms with van der Waals surface area (Å²) < 4.78 is 15.9. The van der Waals surface area contributed by atoms with Crippen LogP contribution in [0.15, 0.2) is 12.2 Å². The molecule has 164 valence electrons. The van der Waals surface area contributed by atoms with Crippen LogP contribution in [0, 0.1) is 0 Å². The molecule has 0 aliphatic carbocycles. The summed E-state index contributed by atoms with van der Waals surface area (Å²) in [5.41, 5.74) is 0. The van der Waals surface area contributed by atoms with E-state index in [0.717, 1.165) is 6.42 Å². The second-order valence-corrected chi connectivity index (χ2v) is 6.68. The van der Waals surface area contributed by atoms with E-state index < -0.39 is 55.3 Å². The zero-order valence-electron chi connectivity index (χ0n) is 15.6. The van der Waals surface area contributed by atoms with Gasteiger partial charge in [0.2, 0.25) is 6.29 Å². The van der Waals surface area contributed by atoms with Gasteiger partial charge < -0.3 is 44.8 Å². The maximum absolute atomic E-state index is 10.0. The molecule has 0 radical (unpaired) electrons. The zero-order chi connectivity index (χ0) is 20.7. The Balaban J connectivity index is 1.80. The van der Waals surface area contributed by atoms with E-state index in [1.165, 1.54) is 0 Å². The molecule has 2 fully saturated rings. The molecule has 0 aromatic rings. The molecule has 0 spiro atoms. The molecule has 0 aromatic carbocycles. The van der Waals surface area contributed by atoms with E-state index in [2.05, 4.69) is 0 Å². The van der Waals surface area contributed by atoms with Crippen molar-refractivity contribution in [1.82, 2.24) is 0 Å². The van der Waals surface area contributed by atoms with Crippen LogP contribution in [0.3, 0.4) is 0 Å². The van der Waals surface area contributed by atoms with Gasteiger partial charge in [-0.3, -0.25) is 0 Å². The summed E-state index contributed by atoms with van der Waals surface area (Å²) in [5.74, 6) is 0. The molecule has 0 saturated carbocycles. The highest BCUT2D eigenvalue weighted by Crippen LogP contribution is 2.23. The van der Waals surface area contributed by atoms with Crippen molar-refractivity contribution in [2.45, 2.75) is 75.1 Å². The minimum absolute atomic E-state index is 0.243. The molecule has 0 aromatic heterocycles. The normalized spacial score (nSPS) is 42.2. The van der Waals surface area contributed by atoms with Crippen molar-refractivity contribution in [2.24, 2.45) is 0 Å². The first-order valence-corrected chi connectivity index (χ1v) is 9.27. The molecule has 9 atom stereocenters. The molecular weight excluding hydrogens is 380 g/mol. The Bertz CT molecular complexity index is 476. The van der Waals surface area contributed by atoms with E-state index in [1.54, 1.807) is 0 Å². The lowest BCUT2D eigenvalue weighted by molar-refractivity contribution is -0.426. The molecular formula is C17H30O11. The van der Waals surface area contributed by atoms with Gasteiger partial charge in [-0.15, -0.1) is 0 Å². The average molecular weight is 410 g/mol. The van der Waals surface area contributed by atoms with E-state index >= 15 is 0 Å². The fourth-order valence-corrected chi connectivity index (χ4v) is 2.77. The molecule has 2 heterocycles. The Morgan fingerprint density at radius 3 is 2.32 bits per heavy atom. The molecule has 0 bridgehead atoms. The highest BCUT2D eigenvalue weighted by atomic mass is 17.2. The third kappa shape index (κ3) is 6.15. The van der Waals surface area contributed by atoms with Gasteiger partial charge in [0.1, 0.15) is 49.3 Å². The van der Waals surface area contributed by atoms with Crippen molar-refractivity contribution in [3.63, 3.8) is 0 Å². The molecule has 0 unspecified atom stereocenters. The van der Waals surface area contributed by atoms with E-state index in [9.17, 15) is 30.6 Å². The largest absolute Gasteiger partial charge is 0.388 e. The van der Waals surface area contributed by atoms with Crippen LogP contribution >= 0.6 is 0 Å². The molecule has 2 saturated heterocycles. The molecule has 2 aliphatic heterocycles. The van der Waals surface area contributed by atoms with Crippen LogP contribution in [0.2, 0.25) is 0 Å². The summed E-state index contributed by atoms with van der Waals surface area (Å²) in [5, 5.41) is 58.7. The van der Waals surface area contributed by atoms with Crippen LogP contribution in [0.4, 0.5) is 0 Å². The third-order valence-corrected chi connectivity index (χ3v) is 4.49. The number of ether oxygens (including phenoxy) is 3. The number of hydrogen-bond acceptors (Lipinski definition) is 11. The monoisotopic (exact) mass is 410 g/mol. The van der Waals surface area contributed by atoms with Crippen molar-refractivity contribution in [3.8, 4) is 0 Å². The lowest BCUT2D eigenvalue weighted by Gasteiger charge is -2.40. The summed E-state index contributed by atoms with van der Waals surface area (Å²) in [4.78, 5) is 9.76. The second-order valence-electron chi connectivity index (χ2n) is 6.68. The first-order valence-electron chi connectivity index (χ1n) is 9.27. The smallest absolute Gasteiger partial charge is 0.220 e. The van der Waals surface area contributed by atoms with Gasteiger partial charge in [0.15, 0.2) is 6.29 Å². The lowest BCUT2D eigenvalue weighted by atomic mass is 9.99. The number of aliphatic hydroxyl groups is 6. The molecule has 6 N–H and O–H groups in total. The Labute approximate surface area is 162 Å². The Morgan fingerprint density at radius 2 is 1.61 bits per heavy atom. The van der Waals surface area contributed by atoms with Gasteiger partial charge in [-0.25, -0.2) is 9.78 Å². The van der Waals surface area contributed by atoms with Crippen molar-refractivity contribution >= 4 is 0 Å². The summed E-state index contributed by atoms with van der Waals surface area (Å²) >= 11 is 0. The fraction of sp³-hybridized carbons (Fsp3) is 0.882. The van der Waals surface area contributed by atoms with Gasteiger partial charge in [-0.1, -0.05) is 19.1 Å². The van der Waals surface area contributed by atoms with Gasteiger partial charge >= 0.3 is 0 Å². The van der Waals surface area contributed by atoms with Gasteiger partial charge in [0, 0.05) is 0 Å². The van der Waals surface area contributed by atoms with Gasteiger partial charge in [0.05, 0.1) is 13.2 Å². The number of allylic oxidation sites excluding steroid dienone is 1. The highest BCUT2D eigenvalue weighted by Gasteiger charge is 2.45. The predicted octanol–water partition coefficient (Wildman–Crippen LogP) is -2.45. The number of hydrogen-bond donors (Lipinski definition) is 6. The average Bonchev–Trinajstić information content (AvgIpc) is 2.68. The Morgan fingerprint density at radius 1 is 0.893 bits per heavy atom. The van der Waals surface area contributed by atoms with Crippen LogP contribution in [0.5, 0.6) is 0 Å². The Kier molecular flexibility index (Phi) is 9.66. The van der Waals surface area contributed by atoms with E-state index in [1.807, 2.05) is 19.1 Å². The molecule has 2 rings (SSSR count). The van der Waals surface area contributed by atoms with E-state index in [4.69, 9.17) is 24.0 Å². The quantitative estimate of drug-likeness (QED) is 0.103. The Hall–Kier alpha value is -0.700. The lowest BCUT2D eigenvalue weighted by Crippen LogP contribution is -2.59. The van der Waals surface area contributed by atoms with E-state index in [-0.39, 0.29) is 19.8 Å². The first-order chi connectivity index (χ1) is 13.4. The van der Waals surface area contributed by atoms with Gasteiger partial charge in [0.25, 0.3) is 0 Å². The molecule has 0 amide bonds. The van der Waals surface area contributed by atoms with Crippen LogP contribution in [-0.4, -0.2) is 106 Å². The van der Waals surface area contributed by atoms with Crippen molar-refractivity contribution in [2.75, 3.05) is 19.8 Å². The van der Waals surface area contributed by atoms with Crippen molar-refractivity contribution in [3.05, 3.63) is 12.2 Å². The summed E-state index contributed by atoms with van der Waals surface area (Å²) in [6.45, 7) is 1.59. The van der Waals surface area contributed by atoms with Crippen LogP contribution < -0.4 is 0 Å². The second kappa shape index (κ2) is 11.5. The fourth-order valence-electron chi connectivity index (χ4n) is 2.77. The molecule has 11 nitrogen and oxygen atoms in total. The highest BCUT2D eigenvalue weighted by molar-refractivity contribution is 4.89. The molecule has 11 heteroatoms. The first kappa shape index (κ1) is 23.6. The third-order valence-electron chi connectivity index (χ3n) is 4.49. The van der Waals surface area contributed by atoms with Crippen LogP contribution in [-0.2, 0) is 24.0 Å². The van der Waals surface area contributed by atoms with Gasteiger partial charge in [-0.05, 0) is 12.8 Å². The minimum atomic E-state index is -1.54. The van der Waals surface area contributed by atoms with Crippen LogP contribution in [0.1, 0.15) is 19.8 Å².